The van der Waals surface area contributed by atoms with E-state index in [1.807, 2.05) is 6.92 Å². The van der Waals surface area contributed by atoms with Gasteiger partial charge in [-0.2, -0.15) is 0 Å². The zero-order chi connectivity index (χ0) is 12.3. The summed E-state index contributed by atoms with van der Waals surface area (Å²) in [4.78, 5) is 0. The van der Waals surface area contributed by atoms with Crippen molar-refractivity contribution in [1.29, 1.82) is 0 Å². The topological polar surface area (TPSA) is 12.0 Å². The minimum Gasteiger partial charge on any atom is -0.307 e. The molecule has 0 aliphatic rings. The van der Waals surface area contributed by atoms with E-state index in [0.717, 1.165) is 0 Å². The van der Waals surface area contributed by atoms with Gasteiger partial charge in [-0.25, -0.2) is 8.78 Å². The second kappa shape index (κ2) is 5.39. The summed E-state index contributed by atoms with van der Waals surface area (Å²) in [6, 6.07) is 3.85. The van der Waals surface area contributed by atoms with Crippen LogP contribution in [0.5, 0.6) is 0 Å². The van der Waals surface area contributed by atoms with Crippen molar-refractivity contribution < 1.29 is 8.78 Å². The zero-order valence-electron chi connectivity index (χ0n) is 10.2. The zero-order valence-corrected chi connectivity index (χ0v) is 10.2. The molecule has 3 heteroatoms. The van der Waals surface area contributed by atoms with Crippen molar-refractivity contribution in [1.82, 2.24) is 5.32 Å². The van der Waals surface area contributed by atoms with Gasteiger partial charge in [0.15, 0.2) is 0 Å². The maximum atomic E-state index is 13.5. The van der Waals surface area contributed by atoms with Crippen LogP contribution < -0.4 is 5.32 Å². The van der Waals surface area contributed by atoms with Gasteiger partial charge in [-0.1, -0.05) is 19.9 Å². The smallest absolute Gasteiger partial charge is 0.130 e. The predicted molar refractivity (Wildman–Crippen MR) is 62.2 cm³/mol. The fourth-order valence-electron chi connectivity index (χ4n) is 1.59. The quantitative estimate of drug-likeness (QED) is 0.827. The number of hydrogen-bond donors (Lipinski definition) is 1. The number of nitrogens with one attached hydrogen (secondary N) is 1. The Balaban J connectivity index is 2.84. The van der Waals surface area contributed by atoms with Gasteiger partial charge in [0, 0.05) is 17.6 Å². The van der Waals surface area contributed by atoms with Crippen molar-refractivity contribution in [3.8, 4) is 0 Å². The minimum atomic E-state index is -0.490. The summed E-state index contributed by atoms with van der Waals surface area (Å²) in [6.45, 7) is 7.93. The van der Waals surface area contributed by atoms with Gasteiger partial charge < -0.3 is 5.32 Å². The fourth-order valence-corrected chi connectivity index (χ4v) is 1.59. The molecule has 16 heavy (non-hydrogen) atoms. The van der Waals surface area contributed by atoms with Crippen LogP contribution in [0.2, 0.25) is 0 Å². The highest BCUT2D eigenvalue weighted by molar-refractivity contribution is 5.22. The van der Waals surface area contributed by atoms with E-state index in [-0.39, 0.29) is 17.6 Å². The van der Waals surface area contributed by atoms with Gasteiger partial charge in [-0.3, -0.25) is 0 Å². The Kier molecular flexibility index (Phi) is 4.42. The molecule has 0 aliphatic carbocycles. The molecule has 0 amide bonds. The van der Waals surface area contributed by atoms with Gasteiger partial charge in [-0.15, -0.1) is 0 Å². The van der Waals surface area contributed by atoms with E-state index >= 15 is 0 Å². The first kappa shape index (κ1) is 13.1. The maximum Gasteiger partial charge on any atom is 0.130 e. The second-order valence-electron chi connectivity index (χ2n) is 4.56. The highest BCUT2D eigenvalue weighted by Crippen LogP contribution is 2.21. The van der Waals surface area contributed by atoms with Crippen molar-refractivity contribution in [2.45, 2.75) is 39.8 Å². The third-order valence-electron chi connectivity index (χ3n) is 2.95. The van der Waals surface area contributed by atoms with E-state index in [4.69, 9.17) is 0 Å². The Hall–Kier alpha value is -0.960. The highest BCUT2D eigenvalue weighted by Gasteiger charge is 2.18. The van der Waals surface area contributed by atoms with Crippen LogP contribution in [0, 0.1) is 17.6 Å². The van der Waals surface area contributed by atoms with E-state index in [9.17, 15) is 8.78 Å². The van der Waals surface area contributed by atoms with Crippen LogP contribution in [0.4, 0.5) is 8.78 Å². The summed E-state index contributed by atoms with van der Waals surface area (Å²) in [7, 11) is 0. The van der Waals surface area contributed by atoms with Gasteiger partial charge in [0.2, 0.25) is 0 Å². The monoisotopic (exact) mass is 227 g/mol. The van der Waals surface area contributed by atoms with E-state index in [0.29, 0.717) is 5.92 Å². The molecule has 0 fully saturated rings. The normalized spacial score (nSPS) is 15.2. The molecule has 1 aromatic carbocycles. The van der Waals surface area contributed by atoms with Crippen molar-refractivity contribution in [2.24, 2.45) is 5.92 Å². The van der Waals surface area contributed by atoms with Crippen LogP contribution >= 0.6 is 0 Å². The molecule has 0 heterocycles. The van der Waals surface area contributed by atoms with Crippen molar-refractivity contribution in [3.63, 3.8) is 0 Å². The molecule has 1 aromatic rings. The molecule has 1 N–H and O–H groups in total. The molecule has 0 saturated carbocycles. The van der Waals surface area contributed by atoms with Crippen LogP contribution in [-0.4, -0.2) is 6.04 Å². The van der Waals surface area contributed by atoms with Gasteiger partial charge in [0.05, 0.1) is 0 Å². The lowest BCUT2D eigenvalue weighted by molar-refractivity contribution is 0.375. The largest absolute Gasteiger partial charge is 0.307 e. The van der Waals surface area contributed by atoms with E-state index < -0.39 is 11.6 Å². The average Bonchev–Trinajstić information content (AvgIpc) is 2.16. The lowest BCUT2D eigenvalue weighted by Gasteiger charge is -2.23. The predicted octanol–water partition coefficient (Wildman–Crippen LogP) is 3.66. The number of hydrogen-bond acceptors (Lipinski definition) is 1. The summed E-state index contributed by atoms with van der Waals surface area (Å²) >= 11 is 0. The third kappa shape index (κ3) is 3.01. The lowest BCUT2D eigenvalue weighted by Crippen LogP contribution is -2.33. The second-order valence-corrected chi connectivity index (χ2v) is 4.56. The molecule has 0 bridgehead atoms. The molecule has 0 radical (unpaired) electrons. The first-order chi connectivity index (χ1) is 7.43. The number of benzene rings is 1. The van der Waals surface area contributed by atoms with Crippen LogP contribution in [0.1, 0.15) is 39.3 Å². The van der Waals surface area contributed by atoms with Crippen LogP contribution in [0.15, 0.2) is 18.2 Å². The molecule has 2 unspecified atom stereocenters. The SMILES string of the molecule is CC(NC(C)C(C)C)c1c(F)cccc1F. The summed E-state index contributed by atoms with van der Waals surface area (Å²) in [6.07, 6.45) is 0. The summed E-state index contributed by atoms with van der Waals surface area (Å²) in [5, 5.41) is 3.20. The Bertz CT molecular complexity index is 330. The molecular weight excluding hydrogens is 208 g/mol. The minimum absolute atomic E-state index is 0.120. The van der Waals surface area contributed by atoms with Gasteiger partial charge in [-0.05, 0) is 31.9 Å². The van der Waals surface area contributed by atoms with Gasteiger partial charge >= 0.3 is 0 Å². The molecule has 1 nitrogen and oxygen atoms in total. The van der Waals surface area contributed by atoms with E-state index in [1.54, 1.807) is 6.92 Å². The van der Waals surface area contributed by atoms with E-state index in [1.165, 1.54) is 18.2 Å². The molecule has 0 aliphatic heterocycles. The van der Waals surface area contributed by atoms with Crippen molar-refractivity contribution in [3.05, 3.63) is 35.4 Å². The van der Waals surface area contributed by atoms with Gasteiger partial charge in [0.25, 0.3) is 0 Å². The Morgan fingerprint density at radius 2 is 1.50 bits per heavy atom. The molecule has 0 spiro atoms. The third-order valence-corrected chi connectivity index (χ3v) is 2.95. The van der Waals surface area contributed by atoms with E-state index in [2.05, 4.69) is 19.2 Å². The fraction of sp³-hybridized carbons (Fsp3) is 0.538. The number of rotatable bonds is 4. The highest BCUT2D eigenvalue weighted by atomic mass is 19.1. The maximum absolute atomic E-state index is 13.5. The Morgan fingerprint density at radius 1 is 1.00 bits per heavy atom. The first-order valence-corrected chi connectivity index (χ1v) is 5.63. The molecule has 0 aromatic heterocycles. The van der Waals surface area contributed by atoms with Crippen molar-refractivity contribution >= 4 is 0 Å². The summed E-state index contributed by atoms with van der Waals surface area (Å²) < 4.78 is 26.9. The summed E-state index contributed by atoms with van der Waals surface area (Å²) in [5.41, 5.74) is 0.120. The molecule has 0 saturated heterocycles. The Labute approximate surface area is 95.9 Å². The molecular formula is C13H19F2N. The lowest BCUT2D eigenvalue weighted by atomic mass is 10.0. The molecule has 2 atom stereocenters. The first-order valence-electron chi connectivity index (χ1n) is 5.63. The van der Waals surface area contributed by atoms with Crippen LogP contribution in [-0.2, 0) is 0 Å². The Morgan fingerprint density at radius 3 is 1.94 bits per heavy atom. The summed E-state index contributed by atoms with van der Waals surface area (Å²) in [5.74, 6) is -0.552. The molecule has 1 rings (SSSR count). The number of halogens is 2. The van der Waals surface area contributed by atoms with Crippen molar-refractivity contribution in [2.75, 3.05) is 0 Å². The standard InChI is InChI=1S/C13H19F2N/c1-8(2)9(3)16-10(4)13-11(14)6-5-7-12(13)15/h5-10,16H,1-4H3. The van der Waals surface area contributed by atoms with Crippen LogP contribution in [0.25, 0.3) is 0 Å². The molecule has 90 valence electrons. The average molecular weight is 227 g/mol. The van der Waals surface area contributed by atoms with Gasteiger partial charge in [0.1, 0.15) is 11.6 Å². The van der Waals surface area contributed by atoms with Crippen LogP contribution in [0.3, 0.4) is 0 Å².